The lowest BCUT2D eigenvalue weighted by Crippen LogP contribution is -3.00. The zero-order chi connectivity index (χ0) is 29.4. The third-order valence-corrected chi connectivity index (χ3v) is 4.86. The lowest BCUT2D eigenvalue weighted by atomic mass is 10.1. The number of quaternary nitrogens is 4. The summed E-state index contributed by atoms with van der Waals surface area (Å²) in [6.07, 6.45) is -4.27. The van der Waals surface area contributed by atoms with Crippen LogP contribution in [0, 0.1) is 20.8 Å². The van der Waals surface area contributed by atoms with E-state index < -0.39 is 79.9 Å². The van der Waals surface area contributed by atoms with Crippen LogP contribution in [-0.2, 0) is 4.79 Å². The Morgan fingerprint density at radius 3 is 1.59 bits per heavy atom. The normalized spacial score (nSPS) is 17.1. The molecular formula is C18H24N8O13. The maximum atomic E-state index is 12.0. The van der Waals surface area contributed by atoms with E-state index in [1.54, 1.807) is 0 Å². The van der Waals surface area contributed by atoms with E-state index in [0.717, 1.165) is 36.4 Å². The largest absolute Gasteiger partial charge is 0.595 e. The van der Waals surface area contributed by atoms with Gasteiger partial charge in [-0.3, -0.25) is 10.9 Å². The van der Waals surface area contributed by atoms with Gasteiger partial charge in [0.05, 0.1) is 18.7 Å². The van der Waals surface area contributed by atoms with E-state index in [4.69, 9.17) is 10.4 Å². The van der Waals surface area contributed by atoms with Crippen molar-refractivity contribution in [3.63, 3.8) is 0 Å². The number of carboxylic acid groups (broad SMARTS) is 1. The second-order valence-electron chi connectivity index (χ2n) is 7.42. The number of nitrogens with one attached hydrogen (secondary N) is 6. The molecule has 0 saturated carbocycles. The van der Waals surface area contributed by atoms with E-state index in [0.29, 0.717) is 0 Å². The third kappa shape index (κ3) is 8.12. The van der Waals surface area contributed by atoms with Gasteiger partial charge >= 0.3 is 5.97 Å². The van der Waals surface area contributed by atoms with Crippen molar-refractivity contribution in [1.29, 1.82) is 0 Å². The summed E-state index contributed by atoms with van der Waals surface area (Å²) >= 11 is 0. The van der Waals surface area contributed by atoms with Crippen LogP contribution in [0.15, 0.2) is 46.6 Å². The van der Waals surface area contributed by atoms with Crippen LogP contribution in [0.4, 0.5) is 34.1 Å². The Balaban J connectivity index is 2.58. The van der Waals surface area contributed by atoms with Gasteiger partial charge in [0.2, 0.25) is 0 Å². The van der Waals surface area contributed by atoms with E-state index in [-0.39, 0.29) is 11.4 Å². The van der Waals surface area contributed by atoms with Crippen molar-refractivity contribution >= 4 is 51.5 Å². The Kier molecular flexibility index (Phi) is 11.2. The highest BCUT2D eigenvalue weighted by atomic mass is 16.8. The van der Waals surface area contributed by atoms with E-state index in [2.05, 4.69) is 21.1 Å². The molecule has 0 radical (unpaired) electrons. The van der Waals surface area contributed by atoms with Gasteiger partial charge in [0, 0.05) is 12.1 Å². The highest BCUT2D eigenvalue weighted by Gasteiger charge is 2.31. The summed E-state index contributed by atoms with van der Waals surface area (Å²) in [5.74, 6) is -1.90. The van der Waals surface area contributed by atoms with Gasteiger partial charge in [-0.1, -0.05) is 0 Å². The number of hydrogen-bond donors (Lipinski definition) is 14. The van der Waals surface area contributed by atoms with E-state index in [1.807, 2.05) is 0 Å². The van der Waals surface area contributed by atoms with Crippen LogP contribution < -0.4 is 31.8 Å². The molecule has 0 aliphatic carbocycles. The number of aliphatic hydroxyl groups excluding tert-OH is 3. The first-order chi connectivity index (χ1) is 18.3. The quantitative estimate of drug-likeness (QED) is 0.0801. The Bertz CT molecular complexity index is 1210. The summed E-state index contributed by atoms with van der Waals surface area (Å²) in [4.78, 5) is 12.0. The Morgan fingerprint density at radius 2 is 1.23 bits per heavy atom. The molecule has 4 unspecified atom stereocenters. The number of aliphatic carboxylic acids is 1. The smallest absolute Gasteiger partial charge is 0.358 e. The van der Waals surface area contributed by atoms with Gasteiger partial charge in [-0.2, -0.15) is 31.1 Å². The van der Waals surface area contributed by atoms with Gasteiger partial charge in [0.25, 0.3) is 0 Å². The van der Waals surface area contributed by atoms with Crippen molar-refractivity contribution in [2.75, 3.05) is 17.5 Å². The van der Waals surface area contributed by atoms with Gasteiger partial charge in [0.15, 0.2) is 28.5 Å². The number of carboxylic acids is 1. The molecule has 214 valence electrons. The van der Waals surface area contributed by atoms with Crippen molar-refractivity contribution in [3.8, 4) is 0 Å². The van der Waals surface area contributed by atoms with Gasteiger partial charge in [-0.05, 0) is 12.1 Å². The van der Waals surface area contributed by atoms with Crippen molar-refractivity contribution in [2.24, 2.45) is 10.2 Å². The molecule has 2 aromatic carbocycles. The van der Waals surface area contributed by atoms with Crippen LogP contribution in [0.25, 0.3) is 0 Å². The fraction of sp³-hybridized carbons (Fsp3) is 0.167. The van der Waals surface area contributed by atoms with Crippen LogP contribution in [0.3, 0.4) is 0 Å². The average Bonchev–Trinajstić information content (AvgIpc) is 2.88. The SMILES string of the molecule is O=C(O)C(=NNc1ccc([NH+]([O-])O)cc1[NH+]([O-])O)C(=NNc1ccc([NH+]([O-])O)cc1[NH+]([O-])O)[C@H](O)[C@H](O)CO. The number of aliphatic hydroxyl groups is 3. The highest BCUT2D eigenvalue weighted by molar-refractivity contribution is 6.66. The Hall–Kier alpha value is -3.75. The molecule has 0 amide bonds. The van der Waals surface area contributed by atoms with E-state index in [9.17, 15) is 56.5 Å². The zero-order valence-electron chi connectivity index (χ0n) is 19.3. The molecule has 0 fully saturated rings. The summed E-state index contributed by atoms with van der Waals surface area (Å²) in [6, 6.07) is 5.45. The minimum absolute atomic E-state index is 0.370. The van der Waals surface area contributed by atoms with Crippen molar-refractivity contribution in [2.45, 2.75) is 12.2 Å². The van der Waals surface area contributed by atoms with Crippen LogP contribution in [0.5, 0.6) is 0 Å². The second-order valence-corrected chi connectivity index (χ2v) is 7.42. The van der Waals surface area contributed by atoms with Crippen molar-refractivity contribution in [3.05, 3.63) is 57.2 Å². The predicted molar refractivity (Wildman–Crippen MR) is 125 cm³/mol. The fourth-order valence-corrected chi connectivity index (χ4v) is 2.90. The Morgan fingerprint density at radius 1 is 0.795 bits per heavy atom. The monoisotopic (exact) mass is 560 g/mol. The molecule has 0 spiro atoms. The molecule has 0 heterocycles. The maximum absolute atomic E-state index is 12.0. The zero-order valence-corrected chi connectivity index (χ0v) is 19.3. The molecule has 6 atom stereocenters. The molecule has 0 aliphatic rings. The molecule has 21 heteroatoms. The maximum Gasteiger partial charge on any atom is 0.358 e. The topological polar surface area (TPSA) is 338 Å². The number of nitrogens with zero attached hydrogens (tertiary/aromatic N) is 2. The number of anilines is 2. The minimum atomic E-state index is -2.25. The summed E-state index contributed by atoms with van der Waals surface area (Å²) in [5.41, 5.74) is -0.709. The Labute approximate surface area is 216 Å². The third-order valence-electron chi connectivity index (χ3n) is 4.86. The number of rotatable bonds is 13. The van der Waals surface area contributed by atoms with Crippen molar-refractivity contribution in [1.82, 2.24) is 0 Å². The lowest BCUT2D eigenvalue weighted by molar-refractivity contribution is -0.996. The number of hydrogen-bond acceptors (Lipinski definition) is 16. The molecule has 21 nitrogen and oxygen atoms in total. The molecule has 14 N–H and O–H groups in total. The van der Waals surface area contributed by atoms with Crippen molar-refractivity contribution < 1.29 is 67.0 Å². The number of carbonyl (C=O) groups is 1. The molecule has 0 bridgehead atoms. The molecule has 0 aromatic heterocycles. The van der Waals surface area contributed by atoms with E-state index >= 15 is 0 Å². The highest BCUT2D eigenvalue weighted by Crippen LogP contribution is 2.22. The van der Waals surface area contributed by atoms with Crippen LogP contribution in [0.1, 0.15) is 0 Å². The molecule has 39 heavy (non-hydrogen) atoms. The lowest BCUT2D eigenvalue weighted by Gasteiger charge is -2.20. The predicted octanol–water partition coefficient (Wildman–Crippen LogP) is -5.67. The second kappa shape index (κ2) is 13.9. The fourth-order valence-electron chi connectivity index (χ4n) is 2.90. The summed E-state index contributed by atoms with van der Waals surface area (Å²) in [5, 5.41) is 122. The first-order valence-corrected chi connectivity index (χ1v) is 10.4. The molecule has 2 aromatic rings. The van der Waals surface area contributed by atoms with Gasteiger partial charge < -0.3 is 41.3 Å². The number of benzene rings is 2. The van der Waals surface area contributed by atoms with Gasteiger partial charge in [-0.15, -0.1) is 0 Å². The molecular weight excluding hydrogens is 536 g/mol. The summed E-state index contributed by atoms with van der Waals surface area (Å²) in [6.45, 7) is -1.09. The first kappa shape index (κ1) is 31.5. The summed E-state index contributed by atoms with van der Waals surface area (Å²) < 4.78 is 0. The molecule has 2 rings (SSSR count). The minimum Gasteiger partial charge on any atom is -0.595 e. The van der Waals surface area contributed by atoms with Crippen LogP contribution in [-0.4, -0.2) is 77.5 Å². The standard InChI is InChI=1S/C18H24N8O13/c27-7-14(28)17(29)15(21-19-10-3-1-8(23(32)33)5-12(10)25(36)37)16(18(30)31)22-20-11-4-2-9(24(34)35)6-13(11)26(38)39/h1-6,14,17,19-20,23-29,32,34,36,38H,7H2,(H,30,31)/t14-,17-/m1/s1. The molecule has 0 saturated heterocycles. The van der Waals surface area contributed by atoms with Crippen LogP contribution >= 0.6 is 0 Å². The molecule has 0 aliphatic heterocycles. The van der Waals surface area contributed by atoms with E-state index in [1.165, 1.54) is 0 Å². The first-order valence-electron chi connectivity index (χ1n) is 10.4. The average molecular weight is 560 g/mol. The number of hydrazone groups is 2. The summed E-state index contributed by atoms with van der Waals surface area (Å²) in [7, 11) is 0. The van der Waals surface area contributed by atoms with Gasteiger partial charge in [0.1, 0.15) is 29.3 Å². The van der Waals surface area contributed by atoms with Gasteiger partial charge in [-0.25, -0.2) is 25.6 Å². The van der Waals surface area contributed by atoms with Crippen LogP contribution in [0.2, 0.25) is 0 Å².